The van der Waals surface area contributed by atoms with Crippen molar-refractivity contribution in [3.05, 3.63) is 59.4 Å². The van der Waals surface area contributed by atoms with Crippen LogP contribution in [-0.2, 0) is 14.3 Å². The highest BCUT2D eigenvalue weighted by Gasteiger charge is 2.12. The van der Waals surface area contributed by atoms with Crippen LogP contribution in [0.3, 0.4) is 0 Å². The first-order valence-electron chi connectivity index (χ1n) is 7.38. The van der Waals surface area contributed by atoms with Gasteiger partial charge in [-0.2, -0.15) is 0 Å². The zero-order chi connectivity index (χ0) is 18.2. The Morgan fingerprint density at radius 1 is 1.16 bits per heavy atom. The van der Waals surface area contributed by atoms with Gasteiger partial charge in [-0.3, -0.25) is 9.59 Å². The van der Waals surface area contributed by atoms with Gasteiger partial charge in [-0.05, 0) is 36.8 Å². The number of carbonyl (C=O) groups is 3. The second-order valence-electron chi connectivity index (χ2n) is 5.14. The smallest absolute Gasteiger partial charge is 0.344 e. The fourth-order valence-electron chi connectivity index (χ4n) is 1.94. The minimum Gasteiger partial charge on any atom is -0.481 e. The van der Waals surface area contributed by atoms with Crippen LogP contribution >= 0.6 is 0 Å². The van der Waals surface area contributed by atoms with Crippen LogP contribution in [0.15, 0.2) is 42.5 Å². The molecule has 25 heavy (non-hydrogen) atoms. The van der Waals surface area contributed by atoms with Gasteiger partial charge >= 0.3 is 5.97 Å². The van der Waals surface area contributed by atoms with Crippen molar-refractivity contribution in [1.29, 1.82) is 0 Å². The van der Waals surface area contributed by atoms with E-state index in [9.17, 15) is 18.8 Å². The molecule has 0 saturated heterocycles. The van der Waals surface area contributed by atoms with Crippen molar-refractivity contribution in [2.24, 2.45) is 0 Å². The van der Waals surface area contributed by atoms with Gasteiger partial charge in [0.2, 0.25) is 0 Å². The lowest BCUT2D eigenvalue weighted by Gasteiger charge is -2.09. The van der Waals surface area contributed by atoms with Crippen LogP contribution in [0.2, 0.25) is 0 Å². The van der Waals surface area contributed by atoms with Crippen LogP contribution in [0.25, 0.3) is 0 Å². The Kier molecular flexibility index (Phi) is 6.22. The van der Waals surface area contributed by atoms with E-state index in [-0.39, 0.29) is 11.4 Å². The minimum atomic E-state index is -0.791. The molecule has 0 aliphatic heterocycles. The molecule has 130 valence electrons. The van der Waals surface area contributed by atoms with Crippen molar-refractivity contribution >= 4 is 23.9 Å². The number of hydrogen-bond acceptors (Lipinski definition) is 5. The number of para-hydroxylation sites is 1. The molecule has 0 aliphatic rings. The fourth-order valence-corrected chi connectivity index (χ4v) is 1.94. The topological polar surface area (TPSA) is 81.7 Å². The third-order valence-electron chi connectivity index (χ3n) is 3.15. The number of aldehydes is 1. The first kappa shape index (κ1) is 18.1. The maximum absolute atomic E-state index is 13.6. The molecule has 0 spiro atoms. The maximum Gasteiger partial charge on any atom is 0.344 e. The Morgan fingerprint density at radius 3 is 2.64 bits per heavy atom. The van der Waals surface area contributed by atoms with Crippen molar-refractivity contribution in [3.8, 4) is 5.75 Å². The number of ether oxygens (including phenoxy) is 2. The molecule has 2 aromatic rings. The number of anilines is 1. The Morgan fingerprint density at radius 2 is 1.92 bits per heavy atom. The number of hydrogen-bond donors (Lipinski definition) is 1. The lowest BCUT2D eigenvalue weighted by Crippen LogP contribution is -2.24. The first-order chi connectivity index (χ1) is 12.0. The number of aryl methyl sites for hydroxylation is 1. The standard InChI is InChI=1S/C18H16FNO5/c1-12-6-7-15(14(19)8-12)20-17(22)10-25-18(23)11-24-16-5-3-2-4-13(16)9-21/h2-9H,10-11H2,1H3,(H,20,22). The molecule has 1 N–H and O–H groups in total. The summed E-state index contributed by atoms with van der Waals surface area (Å²) in [6.07, 6.45) is 0.601. The Labute approximate surface area is 143 Å². The van der Waals surface area contributed by atoms with Crippen LogP contribution in [0.4, 0.5) is 10.1 Å². The highest BCUT2D eigenvalue weighted by atomic mass is 19.1. The van der Waals surface area contributed by atoms with E-state index in [0.717, 1.165) is 5.56 Å². The summed E-state index contributed by atoms with van der Waals surface area (Å²) >= 11 is 0. The van der Waals surface area contributed by atoms with Crippen LogP contribution in [0, 0.1) is 12.7 Å². The molecule has 0 unspecified atom stereocenters. The zero-order valence-electron chi connectivity index (χ0n) is 13.5. The summed E-state index contributed by atoms with van der Waals surface area (Å²) in [6, 6.07) is 10.7. The number of nitrogens with one attached hydrogen (secondary N) is 1. The number of halogens is 1. The average molecular weight is 345 g/mol. The Balaban J connectivity index is 1.79. The number of esters is 1. The van der Waals surface area contributed by atoms with E-state index in [1.165, 1.54) is 24.3 Å². The van der Waals surface area contributed by atoms with E-state index in [1.54, 1.807) is 25.1 Å². The number of amides is 1. The first-order valence-corrected chi connectivity index (χ1v) is 7.38. The molecule has 0 heterocycles. The van der Waals surface area contributed by atoms with Crippen LogP contribution < -0.4 is 10.1 Å². The molecule has 6 nitrogen and oxygen atoms in total. The summed E-state index contributed by atoms with van der Waals surface area (Å²) in [6.45, 7) is 0.682. The molecule has 0 aliphatic carbocycles. The van der Waals surface area contributed by atoms with Gasteiger partial charge in [0, 0.05) is 0 Å². The fraction of sp³-hybridized carbons (Fsp3) is 0.167. The largest absolute Gasteiger partial charge is 0.481 e. The Bertz CT molecular complexity index is 791. The van der Waals surface area contributed by atoms with Gasteiger partial charge in [0.05, 0.1) is 11.3 Å². The number of rotatable bonds is 7. The van der Waals surface area contributed by atoms with Gasteiger partial charge in [-0.25, -0.2) is 9.18 Å². The van der Waals surface area contributed by atoms with E-state index in [0.29, 0.717) is 11.8 Å². The van der Waals surface area contributed by atoms with Gasteiger partial charge in [-0.1, -0.05) is 18.2 Å². The molecule has 7 heteroatoms. The molecule has 0 fully saturated rings. The third kappa shape index (κ3) is 5.42. The highest BCUT2D eigenvalue weighted by molar-refractivity contribution is 5.93. The lowest BCUT2D eigenvalue weighted by molar-refractivity contribution is -0.149. The predicted octanol–water partition coefficient (Wildman–Crippen LogP) is 2.51. The summed E-state index contributed by atoms with van der Waals surface area (Å²) in [4.78, 5) is 34.1. The molecule has 0 aromatic heterocycles. The zero-order valence-corrected chi connectivity index (χ0v) is 13.5. The van der Waals surface area contributed by atoms with E-state index < -0.39 is 30.9 Å². The second kappa shape index (κ2) is 8.58. The van der Waals surface area contributed by atoms with E-state index in [2.05, 4.69) is 5.32 Å². The van der Waals surface area contributed by atoms with Crippen molar-refractivity contribution in [3.63, 3.8) is 0 Å². The van der Waals surface area contributed by atoms with Gasteiger partial charge in [0.15, 0.2) is 19.5 Å². The highest BCUT2D eigenvalue weighted by Crippen LogP contribution is 2.16. The summed E-state index contributed by atoms with van der Waals surface area (Å²) < 4.78 is 23.5. The van der Waals surface area contributed by atoms with Gasteiger partial charge in [0.1, 0.15) is 11.6 Å². The van der Waals surface area contributed by atoms with Crippen molar-refractivity contribution in [2.45, 2.75) is 6.92 Å². The maximum atomic E-state index is 13.6. The van der Waals surface area contributed by atoms with Crippen LogP contribution in [0.1, 0.15) is 15.9 Å². The van der Waals surface area contributed by atoms with Crippen molar-refractivity contribution in [2.75, 3.05) is 18.5 Å². The molecule has 0 radical (unpaired) electrons. The molecular formula is C18H16FNO5. The van der Waals surface area contributed by atoms with Crippen molar-refractivity contribution in [1.82, 2.24) is 0 Å². The summed E-state index contributed by atoms with van der Waals surface area (Å²) in [5.41, 5.74) is 1.01. The molecule has 0 saturated carbocycles. The molecule has 2 aromatic carbocycles. The number of benzene rings is 2. The summed E-state index contributed by atoms with van der Waals surface area (Å²) in [7, 11) is 0. The molecular weight excluding hydrogens is 329 g/mol. The van der Waals surface area contributed by atoms with E-state index in [4.69, 9.17) is 9.47 Å². The van der Waals surface area contributed by atoms with E-state index in [1.807, 2.05) is 0 Å². The third-order valence-corrected chi connectivity index (χ3v) is 3.15. The quantitative estimate of drug-likeness (QED) is 0.616. The molecule has 0 atom stereocenters. The minimum absolute atomic E-state index is 0.00260. The van der Waals surface area contributed by atoms with Gasteiger partial charge in [-0.15, -0.1) is 0 Å². The number of carbonyl (C=O) groups excluding carboxylic acids is 3. The molecule has 2 rings (SSSR count). The monoisotopic (exact) mass is 345 g/mol. The van der Waals surface area contributed by atoms with Crippen LogP contribution in [0.5, 0.6) is 5.75 Å². The molecule has 0 bridgehead atoms. The molecule has 1 amide bonds. The van der Waals surface area contributed by atoms with Gasteiger partial charge < -0.3 is 14.8 Å². The SMILES string of the molecule is Cc1ccc(NC(=O)COC(=O)COc2ccccc2C=O)c(F)c1. The second-order valence-corrected chi connectivity index (χ2v) is 5.14. The average Bonchev–Trinajstić information content (AvgIpc) is 2.60. The lowest BCUT2D eigenvalue weighted by atomic mass is 10.2. The Hall–Kier alpha value is -3.22. The van der Waals surface area contributed by atoms with Crippen LogP contribution in [-0.4, -0.2) is 31.4 Å². The van der Waals surface area contributed by atoms with Gasteiger partial charge in [0.25, 0.3) is 5.91 Å². The van der Waals surface area contributed by atoms with Crippen molar-refractivity contribution < 1.29 is 28.2 Å². The predicted molar refractivity (Wildman–Crippen MR) is 88.1 cm³/mol. The normalized spacial score (nSPS) is 10.0. The summed E-state index contributed by atoms with van der Waals surface area (Å²) in [5.74, 6) is -1.81. The summed E-state index contributed by atoms with van der Waals surface area (Å²) in [5, 5.41) is 2.31. The van der Waals surface area contributed by atoms with E-state index >= 15 is 0 Å².